The molecule has 0 saturated carbocycles. The molecule has 0 fully saturated rings. The molecule has 0 radical (unpaired) electrons. The number of aromatic nitrogens is 3. The summed E-state index contributed by atoms with van der Waals surface area (Å²) >= 11 is 3.38. The second-order valence-electron chi connectivity index (χ2n) is 2.93. The Morgan fingerprint density at radius 3 is 2.57 bits per heavy atom. The largest absolute Gasteiger partial charge is 0.367 e. The molecule has 72 valence electrons. The summed E-state index contributed by atoms with van der Waals surface area (Å²) in [6.45, 7) is 0.692. The highest BCUT2D eigenvalue weighted by molar-refractivity contribution is 9.10. The lowest BCUT2D eigenvalue weighted by molar-refractivity contribution is 0.687. The summed E-state index contributed by atoms with van der Waals surface area (Å²) in [5.41, 5.74) is 6.57. The summed E-state index contributed by atoms with van der Waals surface area (Å²) in [5, 5.41) is 4.00. The SMILES string of the molecule is Nc1ncn(Cc2ccc(Br)cc2)n1. The van der Waals surface area contributed by atoms with Gasteiger partial charge in [0.2, 0.25) is 5.95 Å². The third-order valence-electron chi connectivity index (χ3n) is 1.81. The van der Waals surface area contributed by atoms with Gasteiger partial charge in [-0.2, -0.15) is 0 Å². The number of nitrogens with zero attached hydrogens (tertiary/aromatic N) is 3. The molecule has 0 bridgehead atoms. The van der Waals surface area contributed by atoms with Crippen LogP contribution in [0.2, 0.25) is 0 Å². The van der Waals surface area contributed by atoms with Gasteiger partial charge in [0, 0.05) is 4.47 Å². The molecule has 0 amide bonds. The molecule has 2 N–H and O–H groups in total. The van der Waals surface area contributed by atoms with Crippen molar-refractivity contribution in [1.29, 1.82) is 0 Å². The molecule has 0 aliphatic carbocycles. The van der Waals surface area contributed by atoms with Gasteiger partial charge in [0.25, 0.3) is 0 Å². The average molecular weight is 253 g/mol. The normalized spacial score (nSPS) is 10.4. The van der Waals surface area contributed by atoms with E-state index in [1.807, 2.05) is 24.3 Å². The van der Waals surface area contributed by atoms with E-state index < -0.39 is 0 Å². The Kier molecular flexibility index (Phi) is 2.49. The van der Waals surface area contributed by atoms with Crippen LogP contribution in [-0.4, -0.2) is 14.8 Å². The van der Waals surface area contributed by atoms with Crippen molar-refractivity contribution in [2.24, 2.45) is 0 Å². The Morgan fingerprint density at radius 1 is 1.29 bits per heavy atom. The minimum atomic E-state index is 0.308. The number of nitrogens with two attached hydrogens (primary N) is 1. The number of hydrogen-bond acceptors (Lipinski definition) is 3. The van der Waals surface area contributed by atoms with Gasteiger partial charge < -0.3 is 5.73 Å². The summed E-state index contributed by atoms with van der Waals surface area (Å²) in [7, 11) is 0. The summed E-state index contributed by atoms with van der Waals surface area (Å²) in [5.74, 6) is 0.308. The maximum Gasteiger partial charge on any atom is 0.239 e. The van der Waals surface area contributed by atoms with E-state index in [4.69, 9.17) is 5.73 Å². The molecule has 1 heterocycles. The van der Waals surface area contributed by atoms with E-state index in [1.54, 1.807) is 11.0 Å². The van der Waals surface area contributed by atoms with Crippen molar-refractivity contribution in [3.8, 4) is 0 Å². The standard InChI is InChI=1S/C9H9BrN4/c10-8-3-1-7(2-4-8)5-14-6-12-9(11)13-14/h1-4,6H,5H2,(H2,11,13). The predicted molar refractivity (Wildman–Crippen MR) is 57.7 cm³/mol. The van der Waals surface area contributed by atoms with Crippen LogP contribution in [0.5, 0.6) is 0 Å². The molecule has 2 rings (SSSR count). The van der Waals surface area contributed by atoms with Crippen LogP contribution in [0.1, 0.15) is 5.56 Å². The fourth-order valence-corrected chi connectivity index (χ4v) is 1.43. The Hall–Kier alpha value is -1.36. The Labute approximate surface area is 89.9 Å². The van der Waals surface area contributed by atoms with E-state index in [-0.39, 0.29) is 0 Å². The molecule has 4 nitrogen and oxygen atoms in total. The highest BCUT2D eigenvalue weighted by Gasteiger charge is 1.97. The molecule has 0 spiro atoms. The van der Waals surface area contributed by atoms with Crippen molar-refractivity contribution in [3.63, 3.8) is 0 Å². The van der Waals surface area contributed by atoms with E-state index >= 15 is 0 Å². The van der Waals surface area contributed by atoms with Gasteiger partial charge in [-0.25, -0.2) is 9.67 Å². The quantitative estimate of drug-likeness (QED) is 0.885. The molecule has 0 saturated heterocycles. The Balaban J connectivity index is 2.15. The lowest BCUT2D eigenvalue weighted by Crippen LogP contribution is -2.00. The fourth-order valence-electron chi connectivity index (χ4n) is 1.16. The first-order valence-corrected chi connectivity index (χ1v) is 4.93. The van der Waals surface area contributed by atoms with E-state index in [0.717, 1.165) is 10.0 Å². The smallest absolute Gasteiger partial charge is 0.239 e. The summed E-state index contributed by atoms with van der Waals surface area (Å²) in [6.07, 6.45) is 1.62. The van der Waals surface area contributed by atoms with Crippen LogP contribution < -0.4 is 5.73 Å². The summed E-state index contributed by atoms with van der Waals surface area (Å²) in [6, 6.07) is 8.05. The number of hydrogen-bond donors (Lipinski definition) is 1. The Morgan fingerprint density at radius 2 is 2.00 bits per heavy atom. The maximum absolute atomic E-state index is 5.41. The van der Waals surface area contributed by atoms with E-state index in [9.17, 15) is 0 Å². The van der Waals surface area contributed by atoms with Gasteiger partial charge >= 0.3 is 0 Å². The van der Waals surface area contributed by atoms with E-state index in [2.05, 4.69) is 26.0 Å². The highest BCUT2D eigenvalue weighted by Crippen LogP contribution is 2.11. The third-order valence-corrected chi connectivity index (χ3v) is 2.34. The lowest BCUT2D eigenvalue weighted by Gasteiger charge is -2.00. The summed E-state index contributed by atoms with van der Waals surface area (Å²) in [4.78, 5) is 3.85. The van der Waals surface area contributed by atoms with Crippen LogP contribution in [0.15, 0.2) is 35.1 Å². The number of benzene rings is 1. The zero-order chi connectivity index (χ0) is 9.97. The third kappa shape index (κ3) is 2.11. The predicted octanol–water partition coefficient (Wildman–Crippen LogP) is 1.67. The van der Waals surface area contributed by atoms with Crippen LogP contribution in [0.25, 0.3) is 0 Å². The van der Waals surface area contributed by atoms with Crippen LogP contribution in [0.4, 0.5) is 5.95 Å². The second kappa shape index (κ2) is 3.79. The summed E-state index contributed by atoms with van der Waals surface area (Å²) < 4.78 is 2.78. The van der Waals surface area contributed by atoms with Crippen molar-refractivity contribution < 1.29 is 0 Å². The van der Waals surface area contributed by atoms with E-state index in [1.165, 1.54) is 0 Å². The zero-order valence-electron chi connectivity index (χ0n) is 7.39. The number of rotatable bonds is 2. The van der Waals surface area contributed by atoms with Gasteiger partial charge in [-0.1, -0.05) is 28.1 Å². The average Bonchev–Trinajstić information content (AvgIpc) is 2.56. The molecule has 0 atom stereocenters. The molecule has 2 aromatic rings. The number of nitrogen functional groups attached to an aromatic ring is 1. The first kappa shape index (κ1) is 9.21. The molecule has 0 aliphatic rings. The molecule has 5 heteroatoms. The second-order valence-corrected chi connectivity index (χ2v) is 3.84. The van der Waals surface area contributed by atoms with Crippen molar-refractivity contribution in [3.05, 3.63) is 40.6 Å². The molecule has 14 heavy (non-hydrogen) atoms. The van der Waals surface area contributed by atoms with Crippen molar-refractivity contribution in [2.45, 2.75) is 6.54 Å². The minimum Gasteiger partial charge on any atom is -0.367 e. The van der Waals surface area contributed by atoms with Gasteiger partial charge in [0.1, 0.15) is 6.33 Å². The highest BCUT2D eigenvalue weighted by atomic mass is 79.9. The van der Waals surface area contributed by atoms with Gasteiger partial charge in [-0.15, -0.1) is 5.10 Å². The van der Waals surface area contributed by atoms with Crippen molar-refractivity contribution in [1.82, 2.24) is 14.8 Å². The van der Waals surface area contributed by atoms with Crippen LogP contribution in [-0.2, 0) is 6.54 Å². The first-order chi connectivity index (χ1) is 6.74. The zero-order valence-corrected chi connectivity index (χ0v) is 8.98. The molecule has 0 aliphatic heterocycles. The van der Waals surface area contributed by atoms with Crippen LogP contribution in [0.3, 0.4) is 0 Å². The topological polar surface area (TPSA) is 56.7 Å². The maximum atomic E-state index is 5.41. The Bertz CT molecular complexity index is 421. The molecule has 1 aromatic carbocycles. The van der Waals surface area contributed by atoms with Crippen LogP contribution >= 0.6 is 15.9 Å². The number of anilines is 1. The lowest BCUT2D eigenvalue weighted by atomic mass is 10.2. The molecular weight excluding hydrogens is 244 g/mol. The van der Waals surface area contributed by atoms with Gasteiger partial charge in [-0.3, -0.25) is 0 Å². The number of halogens is 1. The van der Waals surface area contributed by atoms with E-state index in [0.29, 0.717) is 12.5 Å². The van der Waals surface area contributed by atoms with Crippen molar-refractivity contribution >= 4 is 21.9 Å². The fraction of sp³-hybridized carbons (Fsp3) is 0.111. The van der Waals surface area contributed by atoms with Crippen LogP contribution in [0, 0.1) is 0 Å². The van der Waals surface area contributed by atoms with Gasteiger partial charge in [-0.05, 0) is 17.7 Å². The molecular formula is C9H9BrN4. The monoisotopic (exact) mass is 252 g/mol. The molecule has 0 unspecified atom stereocenters. The molecule has 1 aromatic heterocycles. The minimum absolute atomic E-state index is 0.308. The van der Waals surface area contributed by atoms with Gasteiger partial charge in [0.05, 0.1) is 6.54 Å². The van der Waals surface area contributed by atoms with Gasteiger partial charge in [0.15, 0.2) is 0 Å². The van der Waals surface area contributed by atoms with Crippen molar-refractivity contribution in [2.75, 3.05) is 5.73 Å². The first-order valence-electron chi connectivity index (χ1n) is 4.13.